The van der Waals surface area contributed by atoms with Crippen LogP contribution in [0, 0.1) is 11.6 Å². The van der Waals surface area contributed by atoms with Crippen LogP contribution >= 0.6 is 15.9 Å². The van der Waals surface area contributed by atoms with E-state index in [9.17, 15) is 8.78 Å². The predicted molar refractivity (Wildman–Crippen MR) is 69.9 cm³/mol. The average molecular weight is 304 g/mol. The van der Waals surface area contributed by atoms with Gasteiger partial charge in [-0.2, -0.15) is 0 Å². The monoisotopic (exact) mass is 303 g/mol. The number of allylic oxidation sites excluding steroid dienone is 1. The molecule has 4 heteroatoms. The van der Waals surface area contributed by atoms with E-state index in [2.05, 4.69) is 27.8 Å². The normalized spacial score (nSPS) is 12.5. The van der Waals surface area contributed by atoms with E-state index in [1.54, 1.807) is 13.1 Å². The molecule has 0 spiro atoms. The van der Waals surface area contributed by atoms with Gasteiger partial charge in [0.05, 0.1) is 4.47 Å². The fraction of sp³-hybridized carbons (Fsp3) is 0.385. The van der Waals surface area contributed by atoms with Gasteiger partial charge in [-0.25, -0.2) is 8.78 Å². The molecule has 0 bridgehead atoms. The summed E-state index contributed by atoms with van der Waals surface area (Å²) in [6.07, 6.45) is 1.65. The molecule has 0 aliphatic heterocycles. The Hall–Kier alpha value is -0.740. The highest BCUT2D eigenvalue weighted by atomic mass is 79.9. The molecule has 1 rings (SSSR count). The number of halogens is 3. The lowest BCUT2D eigenvalue weighted by molar-refractivity contribution is 0.490. The first-order valence-corrected chi connectivity index (χ1v) is 6.21. The van der Waals surface area contributed by atoms with E-state index in [1.807, 2.05) is 6.92 Å². The number of nitrogens with one attached hydrogen (secondary N) is 1. The molecule has 1 atom stereocenters. The molecule has 0 aliphatic carbocycles. The summed E-state index contributed by atoms with van der Waals surface area (Å²) in [6.45, 7) is 5.79. The standard InChI is InChI=1S/C13H16BrF2N/c1-8(2)4-7-11(17-3)9-5-6-10(15)13(16)12(9)14/h5-6,11,17H,1,4,7H2,2-3H3. The van der Waals surface area contributed by atoms with Gasteiger partial charge in [0.1, 0.15) is 0 Å². The second-order valence-corrected chi connectivity index (χ2v) is 4.89. The van der Waals surface area contributed by atoms with Crippen molar-refractivity contribution in [1.29, 1.82) is 0 Å². The topological polar surface area (TPSA) is 12.0 Å². The van der Waals surface area contributed by atoms with Crippen LogP contribution in [-0.2, 0) is 0 Å². The highest BCUT2D eigenvalue weighted by molar-refractivity contribution is 9.10. The van der Waals surface area contributed by atoms with Gasteiger partial charge >= 0.3 is 0 Å². The number of hydrogen-bond donors (Lipinski definition) is 1. The van der Waals surface area contributed by atoms with E-state index < -0.39 is 11.6 Å². The molecular formula is C13H16BrF2N. The van der Waals surface area contributed by atoms with E-state index >= 15 is 0 Å². The minimum absolute atomic E-state index is 0.0174. The van der Waals surface area contributed by atoms with Crippen molar-refractivity contribution in [3.8, 4) is 0 Å². The molecule has 1 aromatic carbocycles. The largest absolute Gasteiger partial charge is 0.313 e. The van der Waals surface area contributed by atoms with Crippen molar-refractivity contribution >= 4 is 15.9 Å². The highest BCUT2D eigenvalue weighted by Crippen LogP contribution is 2.30. The molecule has 1 nitrogen and oxygen atoms in total. The first kappa shape index (κ1) is 14.3. The molecule has 0 saturated carbocycles. The fourth-order valence-electron chi connectivity index (χ4n) is 1.66. The first-order valence-electron chi connectivity index (χ1n) is 5.42. The van der Waals surface area contributed by atoms with E-state index in [0.717, 1.165) is 30.0 Å². The average Bonchev–Trinajstić information content (AvgIpc) is 2.29. The van der Waals surface area contributed by atoms with Gasteiger partial charge in [-0.05, 0) is 54.4 Å². The second kappa shape index (κ2) is 6.26. The summed E-state index contributed by atoms with van der Waals surface area (Å²) in [5.74, 6) is -1.67. The van der Waals surface area contributed by atoms with Gasteiger partial charge in [-0.15, -0.1) is 6.58 Å². The summed E-state index contributed by atoms with van der Waals surface area (Å²) in [7, 11) is 1.80. The van der Waals surface area contributed by atoms with Crippen molar-refractivity contribution in [2.45, 2.75) is 25.8 Å². The Labute approximate surface area is 109 Å². The van der Waals surface area contributed by atoms with Crippen molar-refractivity contribution < 1.29 is 8.78 Å². The van der Waals surface area contributed by atoms with E-state index in [0.29, 0.717) is 0 Å². The molecule has 0 heterocycles. The maximum atomic E-state index is 13.4. The van der Waals surface area contributed by atoms with Crippen LogP contribution in [-0.4, -0.2) is 7.05 Å². The van der Waals surface area contributed by atoms with Gasteiger partial charge in [0, 0.05) is 6.04 Å². The van der Waals surface area contributed by atoms with Crippen LogP contribution in [0.4, 0.5) is 8.78 Å². The van der Waals surface area contributed by atoms with Crippen molar-refractivity contribution in [2.75, 3.05) is 7.05 Å². The molecule has 17 heavy (non-hydrogen) atoms. The molecule has 1 unspecified atom stereocenters. The quantitative estimate of drug-likeness (QED) is 0.630. The van der Waals surface area contributed by atoms with Crippen LogP contribution in [0.2, 0.25) is 0 Å². The maximum Gasteiger partial charge on any atom is 0.173 e. The molecule has 0 radical (unpaired) electrons. The maximum absolute atomic E-state index is 13.4. The third-order valence-electron chi connectivity index (χ3n) is 2.65. The zero-order valence-electron chi connectivity index (χ0n) is 9.99. The van der Waals surface area contributed by atoms with Crippen LogP contribution in [0.3, 0.4) is 0 Å². The molecular weight excluding hydrogens is 288 g/mol. The molecule has 0 fully saturated rings. The van der Waals surface area contributed by atoms with Gasteiger partial charge in [-0.1, -0.05) is 11.6 Å². The third-order valence-corrected chi connectivity index (χ3v) is 3.45. The molecule has 1 N–H and O–H groups in total. The van der Waals surface area contributed by atoms with Crippen molar-refractivity contribution in [2.24, 2.45) is 0 Å². The van der Waals surface area contributed by atoms with Gasteiger partial charge in [-0.3, -0.25) is 0 Å². The number of benzene rings is 1. The Bertz CT molecular complexity index is 418. The van der Waals surface area contributed by atoms with E-state index in [-0.39, 0.29) is 10.5 Å². The summed E-state index contributed by atoms with van der Waals surface area (Å²) in [6, 6.07) is 2.74. The summed E-state index contributed by atoms with van der Waals surface area (Å²) < 4.78 is 26.6. The zero-order valence-corrected chi connectivity index (χ0v) is 11.6. The minimum atomic E-state index is -0.838. The predicted octanol–water partition coefficient (Wildman–Crippen LogP) is 4.34. The van der Waals surface area contributed by atoms with Crippen molar-refractivity contribution in [3.05, 3.63) is 46.0 Å². The lowest BCUT2D eigenvalue weighted by atomic mass is 10.00. The molecule has 0 aromatic heterocycles. The Morgan fingerprint density at radius 1 is 1.47 bits per heavy atom. The minimum Gasteiger partial charge on any atom is -0.313 e. The Morgan fingerprint density at radius 2 is 2.12 bits per heavy atom. The molecule has 0 aliphatic rings. The summed E-state index contributed by atoms with van der Waals surface area (Å²) >= 11 is 3.10. The second-order valence-electron chi connectivity index (χ2n) is 4.10. The molecule has 0 amide bonds. The summed E-state index contributed by atoms with van der Waals surface area (Å²) in [5.41, 5.74) is 1.80. The molecule has 0 saturated heterocycles. The third kappa shape index (κ3) is 3.61. The highest BCUT2D eigenvalue weighted by Gasteiger charge is 2.17. The Kier molecular flexibility index (Phi) is 5.28. The zero-order chi connectivity index (χ0) is 13.0. The van der Waals surface area contributed by atoms with Crippen LogP contribution in [0.15, 0.2) is 28.8 Å². The van der Waals surface area contributed by atoms with E-state index in [4.69, 9.17) is 0 Å². The van der Waals surface area contributed by atoms with Gasteiger partial charge in [0.15, 0.2) is 11.6 Å². The van der Waals surface area contributed by atoms with Crippen LogP contribution in [0.25, 0.3) is 0 Å². The van der Waals surface area contributed by atoms with Crippen molar-refractivity contribution in [1.82, 2.24) is 5.32 Å². The molecule has 1 aromatic rings. The first-order chi connectivity index (χ1) is 7.97. The van der Waals surface area contributed by atoms with Crippen LogP contribution in [0.1, 0.15) is 31.4 Å². The SMILES string of the molecule is C=C(C)CCC(NC)c1ccc(F)c(F)c1Br. The van der Waals surface area contributed by atoms with Crippen molar-refractivity contribution in [3.63, 3.8) is 0 Å². The number of rotatable bonds is 5. The van der Waals surface area contributed by atoms with Gasteiger partial charge < -0.3 is 5.32 Å². The summed E-state index contributed by atoms with van der Waals surface area (Å²) in [5, 5.41) is 3.10. The molecule has 94 valence electrons. The number of hydrogen-bond acceptors (Lipinski definition) is 1. The lowest BCUT2D eigenvalue weighted by Gasteiger charge is -2.18. The van der Waals surface area contributed by atoms with Crippen LogP contribution in [0.5, 0.6) is 0 Å². The fourth-order valence-corrected chi connectivity index (χ4v) is 2.25. The smallest absolute Gasteiger partial charge is 0.173 e. The lowest BCUT2D eigenvalue weighted by Crippen LogP contribution is -2.17. The Balaban J connectivity index is 2.96. The van der Waals surface area contributed by atoms with E-state index in [1.165, 1.54) is 0 Å². The van der Waals surface area contributed by atoms with Gasteiger partial charge in [0.25, 0.3) is 0 Å². The van der Waals surface area contributed by atoms with Gasteiger partial charge in [0.2, 0.25) is 0 Å². The Morgan fingerprint density at radius 3 is 2.65 bits per heavy atom. The van der Waals surface area contributed by atoms with Crippen LogP contribution < -0.4 is 5.32 Å². The summed E-state index contributed by atoms with van der Waals surface area (Å²) in [4.78, 5) is 0.